The van der Waals surface area contributed by atoms with Crippen molar-refractivity contribution in [1.82, 2.24) is 0 Å². The van der Waals surface area contributed by atoms with Crippen molar-refractivity contribution >= 4 is 17.3 Å². The Labute approximate surface area is 175 Å². The standard InChI is InChI=1S/C23H26ClNO4/c24-19-3-2-15(22-11-17(27)10-18(12-26)28-22)9-16(19)7-14-1-4-21-20(8-14)25-13-23(29-21)5-6-23/h1-4,8-9,17-18,22,25-27H,5-7,10-13H2. The Balaban J connectivity index is 1.35. The predicted octanol–water partition coefficient (Wildman–Crippen LogP) is 3.84. The molecule has 2 aromatic rings. The molecule has 1 saturated heterocycles. The zero-order valence-electron chi connectivity index (χ0n) is 16.2. The van der Waals surface area contributed by atoms with Crippen LogP contribution < -0.4 is 10.1 Å². The SMILES string of the molecule is OCC1CC(O)CC(c2ccc(Cl)c(Cc3ccc4c(c3)NCC3(CC3)O4)c2)O1. The summed E-state index contributed by atoms with van der Waals surface area (Å²) in [4.78, 5) is 0. The maximum atomic E-state index is 10.1. The van der Waals surface area contributed by atoms with Gasteiger partial charge in [0, 0.05) is 17.9 Å². The summed E-state index contributed by atoms with van der Waals surface area (Å²) < 4.78 is 12.1. The number of halogens is 1. The van der Waals surface area contributed by atoms with Crippen LogP contribution in [0.4, 0.5) is 5.69 Å². The molecule has 0 amide bonds. The Morgan fingerprint density at radius 1 is 1.14 bits per heavy atom. The lowest BCUT2D eigenvalue weighted by Crippen LogP contribution is -2.33. The van der Waals surface area contributed by atoms with Crippen molar-refractivity contribution in [2.24, 2.45) is 0 Å². The third-order valence-corrected chi connectivity index (χ3v) is 6.57. The molecule has 29 heavy (non-hydrogen) atoms. The quantitative estimate of drug-likeness (QED) is 0.707. The number of fused-ring (bicyclic) bond motifs is 1. The van der Waals surface area contributed by atoms with Gasteiger partial charge in [0.25, 0.3) is 0 Å². The second-order valence-corrected chi connectivity index (χ2v) is 8.96. The van der Waals surface area contributed by atoms with Crippen LogP contribution in [0.25, 0.3) is 0 Å². The van der Waals surface area contributed by atoms with Crippen LogP contribution >= 0.6 is 11.6 Å². The molecule has 3 aliphatic rings. The first kappa shape index (κ1) is 19.2. The summed E-state index contributed by atoms with van der Waals surface area (Å²) in [6.45, 7) is 0.784. The molecule has 5 rings (SSSR count). The van der Waals surface area contributed by atoms with Gasteiger partial charge in [-0.15, -0.1) is 0 Å². The lowest BCUT2D eigenvalue weighted by molar-refractivity contribution is -0.113. The first-order valence-corrected chi connectivity index (χ1v) is 10.7. The van der Waals surface area contributed by atoms with Gasteiger partial charge in [-0.05, 0) is 54.2 Å². The van der Waals surface area contributed by atoms with Gasteiger partial charge in [0.1, 0.15) is 11.4 Å². The molecule has 0 aromatic heterocycles. The summed E-state index contributed by atoms with van der Waals surface area (Å²) in [5, 5.41) is 23.8. The maximum absolute atomic E-state index is 10.1. The van der Waals surface area contributed by atoms with Crippen molar-refractivity contribution in [3.05, 3.63) is 58.1 Å². The van der Waals surface area contributed by atoms with E-state index in [1.54, 1.807) is 0 Å². The van der Waals surface area contributed by atoms with Crippen LogP contribution in [0.1, 0.15) is 48.5 Å². The summed E-state index contributed by atoms with van der Waals surface area (Å²) in [6, 6.07) is 12.2. The van der Waals surface area contributed by atoms with Gasteiger partial charge in [-0.25, -0.2) is 0 Å². The fourth-order valence-corrected chi connectivity index (χ4v) is 4.52. The molecule has 2 heterocycles. The molecule has 1 saturated carbocycles. The van der Waals surface area contributed by atoms with E-state index < -0.39 is 6.10 Å². The number of nitrogens with one attached hydrogen (secondary N) is 1. The molecule has 5 nitrogen and oxygen atoms in total. The van der Waals surface area contributed by atoms with Crippen molar-refractivity contribution in [2.75, 3.05) is 18.5 Å². The number of aliphatic hydroxyl groups excluding tert-OH is 2. The van der Waals surface area contributed by atoms with Crippen LogP contribution in [0.3, 0.4) is 0 Å². The molecule has 3 unspecified atom stereocenters. The predicted molar refractivity (Wildman–Crippen MR) is 112 cm³/mol. The number of hydrogen-bond donors (Lipinski definition) is 3. The van der Waals surface area contributed by atoms with Crippen LogP contribution in [0.5, 0.6) is 5.75 Å². The highest BCUT2D eigenvalue weighted by atomic mass is 35.5. The minimum Gasteiger partial charge on any atom is -0.483 e. The Morgan fingerprint density at radius 2 is 2.00 bits per heavy atom. The summed E-state index contributed by atoms with van der Waals surface area (Å²) >= 11 is 6.49. The summed E-state index contributed by atoms with van der Waals surface area (Å²) in [7, 11) is 0. The average Bonchev–Trinajstić information content (AvgIpc) is 3.48. The number of aliphatic hydroxyl groups is 2. The second-order valence-electron chi connectivity index (χ2n) is 8.55. The van der Waals surface area contributed by atoms with Gasteiger partial charge < -0.3 is 25.0 Å². The van der Waals surface area contributed by atoms with Gasteiger partial charge in [0.2, 0.25) is 0 Å². The Bertz CT molecular complexity index is 914. The van der Waals surface area contributed by atoms with Gasteiger partial charge in [-0.3, -0.25) is 0 Å². The van der Waals surface area contributed by atoms with Crippen LogP contribution in [-0.2, 0) is 11.2 Å². The number of rotatable bonds is 4. The molecule has 154 valence electrons. The smallest absolute Gasteiger partial charge is 0.143 e. The highest BCUT2D eigenvalue weighted by Gasteiger charge is 2.47. The van der Waals surface area contributed by atoms with E-state index in [4.69, 9.17) is 21.1 Å². The van der Waals surface area contributed by atoms with E-state index in [0.29, 0.717) is 24.3 Å². The van der Waals surface area contributed by atoms with Crippen molar-refractivity contribution in [1.29, 1.82) is 0 Å². The Morgan fingerprint density at radius 3 is 2.79 bits per heavy atom. The molecule has 0 bridgehead atoms. The first-order valence-electron chi connectivity index (χ1n) is 10.3. The van der Waals surface area contributed by atoms with Crippen LogP contribution in [0, 0.1) is 0 Å². The maximum Gasteiger partial charge on any atom is 0.143 e. The van der Waals surface area contributed by atoms with Crippen LogP contribution in [0.2, 0.25) is 5.02 Å². The Hall–Kier alpha value is -1.79. The van der Waals surface area contributed by atoms with E-state index in [9.17, 15) is 10.2 Å². The minimum atomic E-state index is -0.466. The molecular weight excluding hydrogens is 390 g/mol. The molecule has 0 radical (unpaired) electrons. The van der Waals surface area contributed by atoms with Gasteiger partial charge in [0.15, 0.2) is 0 Å². The van der Waals surface area contributed by atoms with Crippen molar-refractivity contribution in [3.8, 4) is 5.75 Å². The van der Waals surface area contributed by atoms with Crippen LogP contribution in [0.15, 0.2) is 36.4 Å². The highest BCUT2D eigenvalue weighted by Crippen LogP contribution is 2.46. The average molecular weight is 416 g/mol. The van der Waals surface area contributed by atoms with Gasteiger partial charge in [0.05, 0.1) is 37.2 Å². The molecule has 1 aliphatic carbocycles. The summed E-state index contributed by atoms with van der Waals surface area (Å²) in [5.41, 5.74) is 4.23. The van der Waals surface area contributed by atoms with E-state index in [2.05, 4.69) is 23.5 Å². The largest absolute Gasteiger partial charge is 0.483 e. The fourth-order valence-electron chi connectivity index (χ4n) is 4.33. The minimum absolute atomic E-state index is 0.0309. The summed E-state index contributed by atoms with van der Waals surface area (Å²) in [5.74, 6) is 0.928. The molecule has 2 aromatic carbocycles. The van der Waals surface area contributed by atoms with Crippen molar-refractivity contribution < 1.29 is 19.7 Å². The number of hydrogen-bond acceptors (Lipinski definition) is 5. The number of ether oxygens (including phenoxy) is 2. The molecule has 2 aliphatic heterocycles. The lowest BCUT2D eigenvalue weighted by Gasteiger charge is -2.32. The van der Waals surface area contributed by atoms with Gasteiger partial charge in [-0.1, -0.05) is 29.8 Å². The summed E-state index contributed by atoms with van der Waals surface area (Å²) in [6.07, 6.45) is 2.91. The van der Waals surface area contributed by atoms with Crippen molar-refractivity contribution in [3.63, 3.8) is 0 Å². The zero-order chi connectivity index (χ0) is 20.0. The molecular formula is C23H26ClNO4. The topological polar surface area (TPSA) is 71.0 Å². The normalized spacial score (nSPS) is 27.1. The third kappa shape index (κ3) is 3.97. The van der Waals surface area contributed by atoms with Gasteiger partial charge >= 0.3 is 0 Å². The Kier molecular flexibility index (Phi) is 4.95. The van der Waals surface area contributed by atoms with E-state index in [0.717, 1.165) is 47.5 Å². The third-order valence-electron chi connectivity index (χ3n) is 6.20. The van der Waals surface area contributed by atoms with E-state index in [1.807, 2.05) is 18.2 Å². The van der Waals surface area contributed by atoms with E-state index >= 15 is 0 Å². The van der Waals surface area contributed by atoms with E-state index in [-0.39, 0.29) is 24.4 Å². The molecule has 3 atom stereocenters. The fraction of sp³-hybridized carbons (Fsp3) is 0.478. The van der Waals surface area contributed by atoms with Crippen LogP contribution in [-0.4, -0.2) is 41.2 Å². The molecule has 3 N–H and O–H groups in total. The molecule has 1 spiro atoms. The van der Waals surface area contributed by atoms with Crippen molar-refractivity contribution in [2.45, 2.75) is 56.0 Å². The lowest BCUT2D eigenvalue weighted by atomic mass is 9.94. The first-order chi connectivity index (χ1) is 14.0. The number of benzene rings is 2. The second kappa shape index (κ2) is 7.47. The van der Waals surface area contributed by atoms with Gasteiger partial charge in [-0.2, -0.15) is 0 Å². The monoisotopic (exact) mass is 415 g/mol. The number of anilines is 1. The highest BCUT2D eigenvalue weighted by molar-refractivity contribution is 6.31. The van der Waals surface area contributed by atoms with E-state index in [1.165, 1.54) is 0 Å². The molecule has 2 fully saturated rings. The zero-order valence-corrected chi connectivity index (χ0v) is 17.0. The molecule has 6 heteroatoms.